The van der Waals surface area contributed by atoms with Gasteiger partial charge in [-0.3, -0.25) is 9.59 Å². The minimum absolute atomic E-state index is 0.0118. The molecule has 0 saturated carbocycles. The first-order valence-corrected chi connectivity index (χ1v) is 8.44. The van der Waals surface area contributed by atoms with Crippen molar-refractivity contribution in [2.45, 2.75) is 32.8 Å². The van der Waals surface area contributed by atoms with Crippen LogP contribution in [0.5, 0.6) is 5.75 Å². The number of anilines is 1. The quantitative estimate of drug-likeness (QED) is 0.881. The molecule has 2 amide bonds. The maximum absolute atomic E-state index is 12.1. The third kappa shape index (κ3) is 4.18. The van der Waals surface area contributed by atoms with Crippen LogP contribution in [0.3, 0.4) is 0 Å². The average molecular weight is 338 g/mol. The highest BCUT2D eigenvalue weighted by Crippen LogP contribution is 2.30. The fraction of sp³-hybridized carbons (Fsp3) is 0.300. The van der Waals surface area contributed by atoms with Gasteiger partial charge < -0.3 is 15.4 Å². The molecule has 1 aliphatic heterocycles. The van der Waals surface area contributed by atoms with Crippen LogP contribution in [-0.4, -0.2) is 24.5 Å². The predicted molar refractivity (Wildman–Crippen MR) is 96.8 cm³/mol. The van der Waals surface area contributed by atoms with Gasteiger partial charge in [-0.25, -0.2) is 0 Å². The number of hydrogen-bond acceptors (Lipinski definition) is 3. The highest BCUT2D eigenvalue weighted by Gasteiger charge is 2.23. The van der Waals surface area contributed by atoms with Crippen LogP contribution in [0.15, 0.2) is 42.5 Å². The predicted octanol–water partition coefficient (Wildman–Crippen LogP) is 2.62. The first-order valence-electron chi connectivity index (χ1n) is 8.44. The number of rotatable bonds is 5. The van der Waals surface area contributed by atoms with E-state index in [1.54, 1.807) is 6.92 Å². The molecule has 2 N–H and O–H groups in total. The van der Waals surface area contributed by atoms with Crippen molar-refractivity contribution in [3.63, 3.8) is 0 Å². The fourth-order valence-electron chi connectivity index (χ4n) is 2.80. The smallest absolute Gasteiger partial charge is 0.265 e. The molecule has 2 aromatic carbocycles. The summed E-state index contributed by atoms with van der Waals surface area (Å²) in [7, 11) is 0. The second kappa shape index (κ2) is 7.38. The second-order valence-corrected chi connectivity index (χ2v) is 6.28. The van der Waals surface area contributed by atoms with Crippen LogP contribution in [-0.2, 0) is 22.4 Å². The van der Waals surface area contributed by atoms with Gasteiger partial charge in [0.1, 0.15) is 5.75 Å². The summed E-state index contributed by atoms with van der Waals surface area (Å²) in [5, 5.41) is 5.78. The number of nitrogens with one attached hydrogen (secondary N) is 2. The highest BCUT2D eigenvalue weighted by molar-refractivity contribution is 5.97. The molecule has 0 spiro atoms. The molecule has 5 nitrogen and oxygen atoms in total. The third-order valence-electron chi connectivity index (χ3n) is 4.32. The van der Waals surface area contributed by atoms with Crippen LogP contribution < -0.4 is 15.4 Å². The van der Waals surface area contributed by atoms with E-state index in [-0.39, 0.29) is 11.8 Å². The second-order valence-electron chi connectivity index (χ2n) is 6.28. The number of fused-ring (bicyclic) bond motifs is 1. The SMILES string of the molecule is Cc1ccccc1CC(=O)NCCc1ccc2c(c1)NC(=O)C(C)O2. The van der Waals surface area contributed by atoms with Gasteiger partial charge in [0, 0.05) is 6.54 Å². The van der Waals surface area contributed by atoms with Crippen molar-refractivity contribution >= 4 is 17.5 Å². The van der Waals surface area contributed by atoms with Crippen LogP contribution in [0, 0.1) is 6.92 Å². The van der Waals surface area contributed by atoms with Crippen molar-refractivity contribution in [3.8, 4) is 5.75 Å². The number of aryl methyl sites for hydroxylation is 1. The Bertz CT molecular complexity index is 801. The summed E-state index contributed by atoms with van der Waals surface area (Å²) in [5.74, 6) is 0.549. The summed E-state index contributed by atoms with van der Waals surface area (Å²) in [6.07, 6.45) is 0.607. The minimum atomic E-state index is -0.473. The van der Waals surface area contributed by atoms with Crippen molar-refractivity contribution < 1.29 is 14.3 Å². The van der Waals surface area contributed by atoms with Crippen LogP contribution in [0.4, 0.5) is 5.69 Å². The lowest BCUT2D eigenvalue weighted by molar-refractivity contribution is -0.122. The lowest BCUT2D eigenvalue weighted by Crippen LogP contribution is -2.34. The zero-order chi connectivity index (χ0) is 17.8. The molecule has 3 rings (SSSR count). The molecule has 25 heavy (non-hydrogen) atoms. The maximum Gasteiger partial charge on any atom is 0.265 e. The van der Waals surface area contributed by atoms with Crippen LogP contribution in [0.25, 0.3) is 0 Å². The molecule has 0 aliphatic carbocycles. The molecule has 1 aliphatic rings. The average Bonchev–Trinajstić information content (AvgIpc) is 2.58. The molecule has 0 fully saturated rings. The summed E-state index contributed by atoms with van der Waals surface area (Å²) < 4.78 is 5.54. The zero-order valence-electron chi connectivity index (χ0n) is 14.5. The lowest BCUT2D eigenvalue weighted by atomic mass is 10.1. The number of carbonyl (C=O) groups is 2. The summed E-state index contributed by atoms with van der Waals surface area (Å²) in [6, 6.07) is 13.6. The van der Waals surface area contributed by atoms with Gasteiger partial charge in [-0.2, -0.15) is 0 Å². The van der Waals surface area contributed by atoms with E-state index in [4.69, 9.17) is 4.74 Å². The first-order chi connectivity index (χ1) is 12.0. The molecule has 1 atom stereocenters. The Balaban J connectivity index is 1.52. The Labute approximate surface area is 147 Å². The summed E-state index contributed by atoms with van der Waals surface area (Å²) in [6.45, 7) is 4.28. The normalized spacial score (nSPS) is 15.8. The van der Waals surface area contributed by atoms with E-state index in [1.165, 1.54) is 0 Å². The van der Waals surface area contributed by atoms with Gasteiger partial charge in [0.25, 0.3) is 5.91 Å². The Morgan fingerprint density at radius 3 is 2.84 bits per heavy atom. The largest absolute Gasteiger partial charge is 0.479 e. The van der Waals surface area contributed by atoms with Gasteiger partial charge in [-0.15, -0.1) is 0 Å². The fourth-order valence-corrected chi connectivity index (χ4v) is 2.80. The Kier molecular flexibility index (Phi) is 5.03. The van der Waals surface area contributed by atoms with Crippen molar-refractivity contribution in [1.29, 1.82) is 0 Å². The van der Waals surface area contributed by atoms with Crippen molar-refractivity contribution in [3.05, 3.63) is 59.2 Å². The molecule has 1 heterocycles. The standard InChI is InChI=1S/C20H22N2O3/c1-13-5-3-4-6-16(13)12-19(23)21-10-9-15-7-8-18-17(11-15)22-20(24)14(2)25-18/h3-8,11,14H,9-10,12H2,1-2H3,(H,21,23)(H,22,24). The molecule has 5 heteroatoms. The monoisotopic (exact) mass is 338 g/mol. The molecule has 0 radical (unpaired) electrons. The summed E-state index contributed by atoms with van der Waals surface area (Å²) >= 11 is 0. The van der Waals surface area contributed by atoms with E-state index in [2.05, 4.69) is 10.6 Å². The van der Waals surface area contributed by atoms with E-state index in [1.807, 2.05) is 49.4 Å². The molecule has 1 unspecified atom stereocenters. The van der Waals surface area contributed by atoms with Gasteiger partial charge in [0.2, 0.25) is 5.91 Å². The lowest BCUT2D eigenvalue weighted by Gasteiger charge is -2.23. The van der Waals surface area contributed by atoms with Gasteiger partial charge in [-0.1, -0.05) is 30.3 Å². The van der Waals surface area contributed by atoms with Crippen molar-refractivity contribution in [1.82, 2.24) is 5.32 Å². The van der Waals surface area contributed by atoms with Crippen molar-refractivity contribution in [2.24, 2.45) is 0 Å². The number of amides is 2. The van der Waals surface area contributed by atoms with Crippen molar-refractivity contribution in [2.75, 3.05) is 11.9 Å². The molecular formula is C20H22N2O3. The first kappa shape index (κ1) is 17.0. The highest BCUT2D eigenvalue weighted by atomic mass is 16.5. The minimum Gasteiger partial charge on any atom is -0.479 e. The number of hydrogen-bond donors (Lipinski definition) is 2. The summed E-state index contributed by atoms with van der Waals surface area (Å²) in [4.78, 5) is 23.8. The van der Waals surface area contributed by atoms with Gasteiger partial charge >= 0.3 is 0 Å². The molecular weight excluding hydrogens is 316 g/mol. The molecule has 0 aromatic heterocycles. The van der Waals surface area contributed by atoms with Gasteiger partial charge in [0.15, 0.2) is 6.10 Å². The van der Waals surface area contributed by atoms with Crippen LogP contribution >= 0.6 is 0 Å². The van der Waals surface area contributed by atoms with E-state index >= 15 is 0 Å². The summed E-state index contributed by atoms with van der Waals surface area (Å²) in [5.41, 5.74) is 3.89. The maximum atomic E-state index is 12.1. The zero-order valence-corrected chi connectivity index (χ0v) is 14.5. The van der Waals surface area contributed by atoms with Crippen LogP contribution in [0.2, 0.25) is 0 Å². The Morgan fingerprint density at radius 2 is 2.04 bits per heavy atom. The number of ether oxygens (including phenoxy) is 1. The third-order valence-corrected chi connectivity index (χ3v) is 4.32. The van der Waals surface area contributed by atoms with Crippen LogP contribution in [0.1, 0.15) is 23.6 Å². The molecule has 0 bridgehead atoms. The van der Waals surface area contributed by atoms with Gasteiger partial charge in [-0.05, 0) is 49.1 Å². The van der Waals surface area contributed by atoms with Gasteiger partial charge in [0.05, 0.1) is 12.1 Å². The Morgan fingerprint density at radius 1 is 1.24 bits per heavy atom. The van der Waals surface area contributed by atoms with E-state index in [9.17, 15) is 9.59 Å². The molecule has 130 valence electrons. The van der Waals surface area contributed by atoms with E-state index < -0.39 is 6.10 Å². The van der Waals surface area contributed by atoms with E-state index in [0.29, 0.717) is 30.8 Å². The number of benzene rings is 2. The Hall–Kier alpha value is -2.82. The molecule has 0 saturated heterocycles. The number of carbonyl (C=O) groups excluding carboxylic acids is 2. The topological polar surface area (TPSA) is 67.4 Å². The molecule has 2 aromatic rings. The van der Waals surface area contributed by atoms with E-state index in [0.717, 1.165) is 16.7 Å².